The molecule has 0 fully saturated rings. The molecule has 1 aliphatic heterocycles. The summed E-state index contributed by atoms with van der Waals surface area (Å²) in [5.74, 6) is 0.371. The molecule has 0 bridgehead atoms. The van der Waals surface area contributed by atoms with Crippen molar-refractivity contribution in [2.45, 2.75) is 0 Å². The third-order valence-corrected chi connectivity index (χ3v) is 2.53. The van der Waals surface area contributed by atoms with Crippen LogP contribution in [-0.4, -0.2) is 22.4 Å². The fourth-order valence-corrected chi connectivity index (χ4v) is 1.71. The molecular weight excluding hydrogens is 230 g/mol. The van der Waals surface area contributed by atoms with E-state index in [2.05, 4.69) is 20.0 Å². The maximum Gasteiger partial charge on any atom is 0.269 e. The van der Waals surface area contributed by atoms with Crippen LogP contribution in [0.4, 0.5) is 5.82 Å². The van der Waals surface area contributed by atoms with E-state index in [-0.39, 0.29) is 23.8 Å². The lowest BCUT2D eigenvalue weighted by Crippen LogP contribution is -2.38. The summed E-state index contributed by atoms with van der Waals surface area (Å²) in [7, 11) is 0. The number of rotatable bonds is 1. The fourth-order valence-electron chi connectivity index (χ4n) is 1.71. The highest BCUT2D eigenvalue weighted by atomic mass is 16.1. The Labute approximate surface area is 102 Å². The Balaban J connectivity index is 2.28. The van der Waals surface area contributed by atoms with Crippen molar-refractivity contribution >= 4 is 11.7 Å². The average Bonchev–Trinajstić information content (AvgIpc) is 2.39. The summed E-state index contributed by atoms with van der Waals surface area (Å²) in [6, 6.07) is 9.38. The molecule has 1 aromatic carbocycles. The number of nitrogen functional groups attached to an aromatic ring is 1. The molecular formula is C12H9N5O. The maximum absolute atomic E-state index is 11.2. The molecule has 0 spiro atoms. The van der Waals surface area contributed by atoms with Crippen LogP contribution >= 0.6 is 0 Å². The van der Waals surface area contributed by atoms with Gasteiger partial charge in [-0.15, -0.1) is 0 Å². The summed E-state index contributed by atoms with van der Waals surface area (Å²) >= 11 is 0. The van der Waals surface area contributed by atoms with Gasteiger partial charge in [-0.05, 0) is 0 Å². The van der Waals surface area contributed by atoms with Gasteiger partial charge in [-0.2, -0.15) is 4.99 Å². The molecule has 1 aliphatic rings. The van der Waals surface area contributed by atoms with Crippen LogP contribution in [0.5, 0.6) is 0 Å². The van der Waals surface area contributed by atoms with Gasteiger partial charge in [-0.3, -0.25) is 9.79 Å². The molecule has 88 valence electrons. The molecule has 0 aliphatic carbocycles. The number of aromatic nitrogens is 2. The van der Waals surface area contributed by atoms with E-state index >= 15 is 0 Å². The Morgan fingerprint density at radius 3 is 2.67 bits per heavy atom. The SMILES string of the molecule is Nc1nc(-c2ccccc2)nc2c1=NCC(=O)N=2. The van der Waals surface area contributed by atoms with Crippen LogP contribution in [0.1, 0.15) is 0 Å². The third-order valence-electron chi connectivity index (χ3n) is 2.53. The minimum atomic E-state index is -0.320. The van der Waals surface area contributed by atoms with E-state index in [9.17, 15) is 4.79 Å². The molecule has 1 aromatic heterocycles. The van der Waals surface area contributed by atoms with Crippen LogP contribution in [-0.2, 0) is 4.79 Å². The van der Waals surface area contributed by atoms with Crippen molar-refractivity contribution < 1.29 is 4.79 Å². The Hall–Kier alpha value is -2.63. The quantitative estimate of drug-likeness (QED) is 0.726. The second-order valence-electron chi connectivity index (χ2n) is 3.79. The van der Waals surface area contributed by atoms with Crippen molar-refractivity contribution in [3.05, 3.63) is 41.2 Å². The number of hydrogen-bond acceptors (Lipinski definition) is 5. The first-order valence-electron chi connectivity index (χ1n) is 5.39. The van der Waals surface area contributed by atoms with E-state index in [1.165, 1.54) is 0 Å². The zero-order valence-electron chi connectivity index (χ0n) is 9.37. The topological polar surface area (TPSA) is 93.6 Å². The van der Waals surface area contributed by atoms with Crippen molar-refractivity contribution in [2.75, 3.05) is 12.3 Å². The lowest BCUT2D eigenvalue weighted by molar-refractivity contribution is -0.116. The van der Waals surface area contributed by atoms with Gasteiger partial charge in [0.1, 0.15) is 11.9 Å². The number of carbonyl (C=O) groups excluding carboxylic acids is 1. The number of nitrogens with zero attached hydrogens (tertiary/aromatic N) is 4. The molecule has 3 rings (SSSR count). The Kier molecular flexibility index (Phi) is 2.33. The van der Waals surface area contributed by atoms with Gasteiger partial charge in [0.25, 0.3) is 5.91 Å². The molecule has 18 heavy (non-hydrogen) atoms. The van der Waals surface area contributed by atoms with Crippen LogP contribution in [0, 0.1) is 0 Å². The van der Waals surface area contributed by atoms with Gasteiger partial charge in [-0.1, -0.05) is 30.3 Å². The number of anilines is 1. The number of carbonyl (C=O) groups is 1. The largest absolute Gasteiger partial charge is 0.382 e. The average molecular weight is 239 g/mol. The Bertz CT molecular complexity index is 739. The minimum Gasteiger partial charge on any atom is -0.382 e. The lowest BCUT2D eigenvalue weighted by Gasteiger charge is -2.04. The van der Waals surface area contributed by atoms with E-state index in [4.69, 9.17) is 5.73 Å². The van der Waals surface area contributed by atoms with Crippen molar-refractivity contribution in [1.29, 1.82) is 0 Å². The molecule has 0 radical (unpaired) electrons. The van der Waals surface area contributed by atoms with E-state index in [0.717, 1.165) is 5.56 Å². The summed E-state index contributed by atoms with van der Waals surface area (Å²) in [6.07, 6.45) is 0. The lowest BCUT2D eigenvalue weighted by atomic mass is 10.2. The predicted octanol–water partition coefficient (Wildman–Crippen LogP) is -0.495. The number of hydrogen-bond donors (Lipinski definition) is 1. The van der Waals surface area contributed by atoms with Crippen molar-refractivity contribution in [3.8, 4) is 11.4 Å². The van der Waals surface area contributed by atoms with E-state index in [1.807, 2.05) is 30.3 Å². The number of amides is 1. The van der Waals surface area contributed by atoms with Crippen molar-refractivity contribution in [3.63, 3.8) is 0 Å². The first-order valence-corrected chi connectivity index (χ1v) is 5.39. The van der Waals surface area contributed by atoms with E-state index < -0.39 is 0 Å². The second-order valence-corrected chi connectivity index (χ2v) is 3.79. The van der Waals surface area contributed by atoms with Gasteiger partial charge >= 0.3 is 0 Å². The summed E-state index contributed by atoms with van der Waals surface area (Å²) in [5.41, 5.74) is 6.88. The Morgan fingerprint density at radius 1 is 1.11 bits per heavy atom. The molecule has 2 heterocycles. The van der Waals surface area contributed by atoms with Gasteiger partial charge < -0.3 is 5.73 Å². The fraction of sp³-hybridized carbons (Fsp3) is 0.0833. The number of fused-ring (bicyclic) bond motifs is 1. The highest BCUT2D eigenvalue weighted by molar-refractivity contribution is 5.79. The molecule has 6 heteroatoms. The number of benzene rings is 1. The van der Waals surface area contributed by atoms with Crippen LogP contribution in [0.25, 0.3) is 11.4 Å². The zero-order chi connectivity index (χ0) is 12.5. The van der Waals surface area contributed by atoms with Crippen LogP contribution in [0.2, 0.25) is 0 Å². The molecule has 1 amide bonds. The molecule has 6 nitrogen and oxygen atoms in total. The highest BCUT2D eigenvalue weighted by Gasteiger charge is 2.11. The van der Waals surface area contributed by atoms with Gasteiger partial charge in [-0.25, -0.2) is 9.97 Å². The summed E-state index contributed by atoms with van der Waals surface area (Å²) in [6.45, 7) is 0.00520. The van der Waals surface area contributed by atoms with Gasteiger partial charge in [0, 0.05) is 5.56 Å². The Morgan fingerprint density at radius 2 is 1.89 bits per heavy atom. The summed E-state index contributed by atoms with van der Waals surface area (Å²) < 4.78 is 0. The van der Waals surface area contributed by atoms with E-state index in [0.29, 0.717) is 11.2 Å². The second kappa shape index (κ2) is 3.99. The minimum absolute atomic E-state index is 0.00520. The zero-order valence-corrected chi connectivity index (χ0v) is 9.37. The first-order chi connectivity index (χ1) is 8.74. The maximum atomic E-state index is 11.2. The third kappa shape index (κ3) is 1.73. The van der Waals surface area contributed by atoms with Gasteiger partial charge in [0.05, 0.1) is 0 Å². The molecule has 0 saturated heterocycles. The standard InChI is InChI=1S/C12H9N5O/c13-10-9-12(15-8(18)6-14-9)17-11(16-10)7-4-2-1-3-5-7/h1-5H,6H2,(H2,13,15,16,17,18). The van der Waals surface area contributed by atoms with Crippen LogP contribution < -0.4 is 16.6 Å². The normalized spacial score (nSPS) is 13.4. The smallest absolute Gasteiger partial charge is 0.269 e. The molecule has 0 saturated carbocycles. The van der Waals surface area contributed by atoms with Crippen LogP contribution in [0.3, 0.4) is 0 Å². The molecule has 0 unspecified atom stereocenters. The molecule has 2 aromatic rings. The summed E-state index contributed by atoms with van der Waals surface area (Å²) in [4.78, 5) is 27.5. The highest BCUT2D eigenvalue weighted by Crippen LogP contribution is 2.11. The van der Waals surface area contributed by atoms with Crippen LogP contribution in [0.15, 0.2) is 40.3 Å². The van der Waals surface area contributed by atoms with Gasteiger partial charge in [0.2, 0.25) is 0 Å². The molecule has 2 N–H and O–H groups in total. The van der Waals surface area contributed by atoms with Crippen molar-refractivity contribution in [2.24, 2.45) is 9.98 Å². The van der Waals surface area contributed by atoms with Gasteiger partial charge in [0.15, 0.2) is 17.1 Å². The number of nitrogens with two attached hydrogens (primary N) is 1. The first kappa shape index (κ1) is 10.5. The molecule has 0 atom stereocenters. The summed E-state index contributed by atoms with van der Waals surface area (Å²) in [5, 5.41) is 0.397. The van der Waals surface area contributed by atoms with Crippen molar-refractivity contribution in [1.82, 2.24) is 9.97 Å². The van der Waals surface area contributed by atoms with E-state index in [1.54, 1.807) is 0 Å². The monoisotopic (exact) mass is 239 g/mol. The predicted molar refractivity (Wildman–Crippen MR) is 64.1 cm³/mol.